The summed E-state index contributed by atoms with van der Waals surface area (Å²) in [5.41, 5.74) is 0. The molecule has 0 aliphatic rings. The predicted molar refractivity (Wildman–Crippen MR) is 63.2 cm³/mol. The van der Waals surface area contributed by atoms with Crippen LogP contribution in [0.2, 0.25) is 0 Å². The Balaban J connectivity index is 2.09. The van der Waals surface area contributed by atoms with Gasteiger partial charge in [-0.15, -0.1) is 15.2 Å². The van der Waals surface area contributed by atoms with E-state index in [1.54, 1.807) is 0 Å². The van der Waals surface area contributed by atoms with Crippen LogP contribution < -0.4 is 4.74 Å². The Labute approximate surface area is 102 Å². The Morgan fingerprint density at radius 1 is 1.35 bits per heavy atom. The Morgan fingerprint density at radius 2 is 2.12 bits per heavy atom. The second-order valence-corrected chi connectivity index (χ2v) is 4.19. The molecule has 0 bridgehead atoms. The van der Waals surface area contributed by atoms with Crippen LogP contribution in [0.5, 0.6) is 5.75 Å². The lowest BCUT2D eigenvalue weighted by molar-refractivity contribution is 0.225. The molecule has 5 nitrogen and oxygen atoms in total. The second kappa shape index (κ2) is 5.34. The van der Waals surface area contributed by atoms with Crippen LogP contribution in [0, 0.1) is 0 Å². The Hall–Kier alpha value is -2.04. The molecular formula is C11H9N3O2S. The van der Waals surface area contributed by atoms with Crippen LogP contribution >= 0.6 is 11.3 Å². The highest BCUT2D eigenvalue weighted by Gasteiger charge is 2.13. The molecule has 0 radical (unpaired) electrons. The largest absolute Gasteiger partial charge is 0.483 e. The molecule has 1 aromatic heterocycles. The fourth-order valence-electron chi connectivity index (χ4n) is 1.23. The monoisotopic (exact) mass is 247 g/mol. The molecule has 1 aromatic carbocycles. The van der Waals surface area contributed by atoms with Crippen molar-refractivity contribution in [1.29, 1.82) is 0 Å². The van der Waals surface area contributed by atoms with Crippen molar-refractivity contribution < 1.29 is 9.53 Å². The van der Waals surface area contributed by atoms with Crippen molar-refractivity contribution >= 4 is 22.5 Å². The zero-order valence-corrected chi connectivity index (χ0v) is 9.85. The van der Waals surface area contributed by atoms with Crippen molar-refractivity contribution in [2.24, 2.45) is 4.99 Å². The standard InChI is InChI=1S/C11H9N3O2S/c1-8(16-9-5-3-2-4-6-9)10-13-14-11(17-10)12-7-15/h2-6,8H,1H3. The van der Waals surface area contributed by atoms with Crippen LogP contribution in [0.25, 0.3) is 0 Å². The summed E-state index contributed by atoms with van der Waals surface area (Å²) in [7, 11) is 0. The zero-order chi connectivity index (χ0) is 12.1. The quantitative estimate of drug-likeness (QED) is 0.615. The van der Waals surface area contributed by atoms with Gasteiger partial charge in [-0.3, -0.25) is 0 Å². The van der Waals surface area contributed by atoms with Crippen LogP contribution in [-0.4, -0.2) is 16.3 Å². The van der Waals surface area contributed by atoms with Gasteiger partial charge >= 0.3 is 0 Å². The first-order valence-electron chi connectivity index (χ1n) is 4.92. The van der Waals surface area contributed by atoms with Gasteiger partial charge in [0.2, 0.25) is 11.2 Å². The summed E-state index contributed by atoms with van der Waals surface area (Å²) >= 11 is 1.21. The molecule has 0 N–H and O–H groups in total. The van der Waals surface area contributed by atoms with Gasteiger partial charge in [-0.2, -0.15) is 0 Å². The lowest BCUT2D eigenvalue weighted by Crippen LogP contribution is -2.02. The van der Waals surface area contributed by atoms with Gasteiger partial charge in [-0.1, -0.05) is 29.5 Å². The van der Waals surface area contributed by atoms with Crippen LogP contribution in [0.15, 0.2) is 35.3 Å². The highest BCUT2D eigenvalue weighted by molar-refractivity contribution is 7.15. The molecule has 0 spiro atoms. The molecule has 1 heterocycles. The van der Waals surface area contributed by atoms with E-state index in [9.17, 15) is 4.79 Å². The van der Waals surface area contributed by atoms with E-state index >= 15 is 0 Å². The first-order valence-corrected chi connectivity index (χ1v) is 5.74. The third-order valence-corrected chi connectivity index (χ3v) is 2.95. The highest BCUT2D eigenvalue weighted by Crippen LogP contribution is 2.26. The number of ether oxygens (including phenoxy) is 1. The molecule has 1 atom stereocenters. The minimum Gasteiger partial charge on any atom is -0.483 e. The lowest BCUT2D eigenvalue weighted by Gasteiger charge is -2.10. The van der Waals surface area contributed by atoms with E-state index in [1.807, 2.05) is 37.3 Å². The molecule has 0 saturated carbocycles. The molecule has 0 amide bonds. The average molecular weight is 247 g/mol. The lowest BCUT2D eigenvalue weighted by atomic mass is 10.3. The number of aliphatic imine (C=N–C) groups is 1. The molecular weight excluding hydrogens is 238 g/mol. The number of hydrogen-bond acceptors (Lipinski definition) is 6. The zero-order valence-electron chi connectivity index (χ0n) is 9.03. The van der Waals surface area contributed by atoms with E-state index < -0.39 is 0 Å². The van der Waals surface area contributed by atoms with E-state index in [-0.39, 0.29) is 6.10 Å². The van der Waals surface area contributed by atoms with Crippen LogP contribution in [0.1, 0.15) is 18.0 Å². The van der Waals surface area contributed by atoms with Gasteiger partial charge in [0.15, 0.2) is 5.01 Å². The number of nitrogens with zero attached hydrogens (tertiary/aromatic N) is 3. The number of para-hydroxylation sites is 1. The van der Waals surface area contributed by atoms with E-state index in [2.05, 4.69) is 15.2 Å². The second-order valence-electron chi connectivity index (χ2n) is 3.20. The van der Waals surface area contributed by atoms with Gasteiger partial charge in [-0.25, -0.2) is 4.79 Å². The van der Waals surface area contributed by atoms with Crippen molar-refractivity contribution in [2.45, 2.75) is 13.0 Å². The maximum Gasteiger partial charge on any atom is 0.242 e. The topological polar surface area (TPSA) is 64.4 Å². The molecule has 0 fully saturated rings. The molecule has 17 heavy (non-hydrogen) atoms. The first-order chi connectivity index (χ1) is 8.29. The van der Waals surface area contributed by atoms with Crippen molar-refractivity contribution in [2.75, 3.05) is 0 Å². The molecule has 0 saturated heterocycles. The fourth-order valence-corrected chi connectivity index (χ4v) is 1.88. The van der Waals surface area contributed by atoms with Gasteiger partial charge in [0.05, 0.1) is 0 Å². The number of rotatable bonds is 4. The molecule has 1 unspecified atom stereocenters. The summed E-state index contributed by atoms with van der Waals surface area (Å²) in [4.78, 5) is 13.5. The maximum absolute atomic E-state index is 10.1. The maximum atomic E-state index is 10.1. The predicted octanol–water partition coefficient (Wildman–Crippen LogP) is 2.65. The van der Waals surface area contributed by atoms with E-state index in [0.717, 1.165) is 5.75 Å². The van der Waals surface area contributed by atoms with Gasteiger partial charge in [0, 0.05) is 0 Å². The van der Waals surface area contributed by atoms with Gasteiger partial charge in [0.25, 0.3) is 0 Å². The fraction of sp³-hybridized carbons (Fsp3) is 0.182. The summed E-state index contributed by atoms with van der Waals surface area (Å²) < 4.78 is 5.66. The number of aromatic nitrogens is 2. The number of isocyanates is 1. The summed E-state index contributed by atoms with van der Waals surface area (Å²) in [6.45, 7) is 1.86. The number of hydrogen-bond donors (Lipinski definition) is 0. The van der Waals surface area contributed by atoms with Crippen LogP contribution in [0.4, 0.5) is 5.13 Å². The highest BCUT2D eigenvalue weighted by atomic mass is 32.1. The van der Waals surface area contributed by atoms with E-state index in [4.69, 9.17) is 4.74 Å². The normalized spacial score (nSPS) is 11.6. The van der Waals surface area contributed by atoms with E-state index in [0.29, 0.717) is 10.1 Å². The number of benzene rings is 1. The molecule has 86 valence electrons. The first kappa shape index (κ1) is 11.4. The molecule has 2 aromatic rings. The van der Waals surface area contributed by atoms with Crippen molar-refractivity contribution in [3.8, 4) is 5.75 Å². The summed E-state index contributed by atoms with van der Waals surface area (Å²) in [6.07, 6.45) is 1.20. The third kappa shape index (κ3) is 2.96. The Morgan fingerprint density at radius 3 is 2.82 bits per heavy atom. The SMILES string of the molecule is CC(Oc1ccccc1)c1nnc(N=C=O)s1. The summed E-state index contributed by atoms with van der Waals surface area (Å²) in [5, 5.41) is 8.59. The summed E-state index contributed by atoms with van der Waals surface area (Å²) in [6, 6.07) is 9.43. The van der Waals surface area contributed by atoms with E-state index in [1.165, 1.54) is 17.4 Å². The van der Waals surface area contributed by atoms with Crippen molar-refractivity contribution in [3.63, 3.8) is 0 Å². The van der Waals surface area contributed by atoms with Gasteiger partial charge < -0.3 is 4.74 Å². The molecule has 0 aliphatic heterocycles. The van der Waals surface area contributed by atoms with Crippen molar-refractivity contribution in [3.05, 3.63) is 35.3 Å². The molecule has 6 heteroatoms. The third-order valence-electron chi connectivity index (χ3n) is 1.98. The van der Waals surface area contributed by atoms with Gasteiger partial charge in [-0.05, 0) is 19.1 Å². The van der Waals surface area contributed by atoms with Crippen molar-refractivity contribution in [1.82, 2.24) is 10.2 Å². The smallest absolute Gasteiger partial charge is 0.242 e. The molecule has 0 aliphatic carbocycles. The average Bonchev–Trinajstić information content (AvgIpc) is 2.79. The van der Waals surface area contributed by atoms with Gasteiger partial charge in [0.1, 0.15) is 11.9 Å². The summed E-state index contributed by atoms with van der Waals surface area (Å²) in [5.74, 6) is 0.760. The minimum absolute atomic E-state index is 0.231. The van der Waals surface area contributed by atoms with Crippen LogP contribution in [-0.2, 0) is 4.79 Å². The number of carbonyl (C=O) groups excluding carboxylic acids is 1. The van der Waals surface area contributed by atoms with Crippen LogP contribution in [0.3, 0.4) is 0 Å². The Bertz CT molecular complexity index is 535. The minimum atomic E-state index is -0.231. The molecule has 2 rings (SSSR count). The Kier molecular flexibility index (Phi) is 3.59.